The van der Waals surface area contributed by atoms with E-state index >= 15 is 0 Å². The van der Waals surface area contributed by atoms with Crippen LogP contribution in [-0.2, 0) is 12.7 Å². The summed E-state index contributed by atoms with van der Waals surface area (Å²) in [4.78, 5) is 32.5. The molecule has 2 aromatic carbocycles. The second-order valence-electron chi connectivity index (χ2n) is 7.11. The van der Waals surface area contributed by atoms with E-state index in [2.05, 4.69) is 10.4 Å². The van der Waals surface area contributed by atoms with Crippen LogP contribution in [0.15, 0.2) is 42.5 Å². The molecule has 0 spiro atoms. The molecule has 3 rings (SSSR count). The van der Waals surface area contributed by atoms with Crippen LogP contribution in [0.25, 0.3) is 5.69 Å². The van der Waals surface area contributed by atoms with Gasteiger partial charge in [0.2, 0.25) is 0 Å². The summed E-state index contributed by atoms with van der Waals surface area (Å²) in [6.07, 6.45) is -4.74. The molecule has 0 fully saturated rings. The van der Waals surface area contributed by atoms with Crippen molar-refractivity contribution >= 4 is 17.3 Å². The number of aryl methyl sites for hydroxylation is 2. The zero-order valence-corrected chi connectivity index (χ0v) is 17.2. The van der Waals surface area contributed by atoms with E-state index in [4.69, 9.17) is 0 Å². The molecule has 1 N–H and O–H groups in total. The number of aromatic nitrogens is 2. The van der Waals surface area contributed by atoms with Crippen molar-refractivity contribution in [2.75, 3.05) is 0 Å². The van der Waals surface area contributed by atoms with Crippen molar-refractivity contribution < 1.29 is 27.8 Å². The number of benzene rings is 2. The van der Waals surface area contributed by atoms with E-state index in [1.54, 1.807) is 19.9 Å². The Kier molecular flexibility index (Phi) is 6.15. The van der Waals surface area contributed by atoms with Crippen molar-refractivity contribution in [1.82, 2.24) is 15.1 Å². The maximum Gasteiger partial charge on any atom is 0.416 e. The van der Waals surface area contributed by atoms with Crippen LogP contribution in [0.5, 0.6) is 0 Å². The van der Waals surface area contributed by atoms with E-state index in [0.29, 0.717) is 17.5 Å². The van der Waals surface area contributed by atoms with Gasteiger partial charge in [-0.15, -0.1) is 0 Å². The lowest BCUT2D eigenvalue weighted by atomic mass is 10.1. The van der Waals surface area contributed by atoms with Gasteiger partial charge in [-0.3, -0.25) is 25.0 Å². The number of alkyl halides is 3. The Hall–Kier alpha value is -4.29. The molecule has 0 aliphatic carbocycles. The van der Waals surface area contributed by atoms with Gasteiger partial charge < -0.3 is 5.32 Å². The Balaban J connectivity index is 1.91. The quantitative estimate of drug-likeness (QED) is 0.429. The van der Waals surface area contributed by atoms with E-state index in [0.717, 1.165) is 18.2 Å². The number of nitro benzene ring substituents is 2. The van der Waals surface area contributed by atoms with Gasteiger partial charge >= 0.3 is 6.18 Å². The number of hydrogen-bond donors (Lipinski definition) is 1. The largest absolute Gasteiger partial charge is 0.416 e. The highest BCUT2D eigenvalue weighted by Crippen LogP contribution is 2.34. The maximum absolute atomic E-state index is 13.7. The molecule has 0 bridgehead atoms. The van der Waals surface area contributed by atoms with Crippen molar-refractivity contribution in [2.45, 2.75) is 26.6 Å². The fraction of sp³-hybridized carbons (Fsp3) is 0.200. The second-order valence-corrected chi connectivity index (χ2v) is 7.11. The molecule has 10 nitrogen and oxygen atoms in total. The first-order valence-corrected chi connectivity index (χ1v) is 9.32. The molecule has 3 aromatic rings. The van der Waals surface area contributed by atoms with Crippen LogP contribution in [0.1, 0.15) is 32.9 Å². The summed E-state index contributed by atoms with van der Waals surface area (Å²) in [6.45, 7) is 2.83. The molecule has 1 heterocycles. The molecule has 13 heteroatoms. The Bertz CT molecular complexity index is 1240. The number of halogens is 3. The van der Waals surface area contributed by atoms with Crippen LogP contribution < -0.4 is 5.32 Å². The number of amides is 1. The second kappa shape index (κ2) is 8.68. The minimum absolute atomic E-state index is 0.178. The number of nitro groups is 2. The van der Waals surface area contributed by atoms with Crippen LogP contribution in [0, 0.1) is 34.1 Å². The minimum atomic E-state index is -4.74. The van der Waals surface area contributed by atoms with Crippen molar-refractivity contribution in [2.24, 2.45) is 0 Å². The molecule has 0 saturated heterocycles. The lowest BCUT2D eigenvalue weighted by Crippen LogP contribution is -2.25. The topological polar surface area (TPSA) is 133 Å². The highest BCUT2D eigenvalue weighted by Gasteiger charge is 2.34. The van der Waals surface area contributed by atoms with Gasteiger partial charge in [-0.2, -0.15) is 18.3 Å². The van der Waals surface area contributed by atoms with Gasteiger partial charge in [-0.25, -0.2) is 4.68 Å². The van der Waals surface area contributed by atoms with Crippen molar-refractivity contribution in [3.8, 4) is 5.69 Å². The third-order valence-electron chi connectivity index (χ3n) is 4.68. The van der Waals surface area contributed by atoms with Crippen molar-refractivity contribution in [3.63, 3.8) is 0 Å². The van der Waals surface area contributed by atoms with Crippen LogP contribution in [0.2, 0.25) is 0 Å². The summed E-state index contributed by atoms with van der Waals surface area (Å²) in [6, 6.07) is 7.49. The minimum Gasteiger partial charge on any atom is -0.348 e. The van der Waals surface area contributed by atoms with Gasteiger partial charge in [0.25, 0.3) is 17.3 Å². The van der Waals surface area contributed by atoms with E-state index in [-0.39, 0.29) is 11.3 Å². The molecule has 172 valence electrons. The smallest absolute Gasteiger partial charge is 0.348 e. The molecular formula is C20H16F3N5O5. The highest BCUT2D eigenvalue weighted by molar-refractivity contribution is 5.95. The summed E-state index contributed by atoms with van der Waals surface area (Å²) in [5, 5.41) is 28.3. The Morgan fingerprint density at radius 1 is 1.03 bits per heavy atom. The monoisotopic (exact) mass is 463 g/mol. The number of carbonyl (C=O) groups excluding carboxylic acids is 1. The maximum atomic E-state index is 13.7. The Morgan fingerprint density at radius 2 is 1.64 bits per heavy atom. The van der Waals surface area contributed by atoms with E-state index < -0.39 is 51.0 Å². The fourth-order valence-corrected chi connectivity index (χ4v) is 3.22. The van der Waals surface area contributed by atoms with Crippen LogP contribution >= 0.6 is 0 Å². The predicted octanol–water partition coefficient (Wildman–Crippen LogP) is 4.25. The van der Waals surface area contributed by atoms with E-state index in [9.17, 15) is 38.2 Å². The number of nitrogens with one attached hydrogen (secondary N) is 1. The molecule has 1 amide bonds. The molecule has 0 unspecified atom stereocenters. The number of hydrogen-bond acceptors (Lipinski definition) is 6. The third kappa shape index (κ3) is 5.14. The van der Waals surface area contributed by atoms with Crippen molar-refractivity contribution in [1.29, 1.82) is 0 Å². The average Bonchev–Trinajstić information content (AvgIpc) is 3.08. The summed E-state index contributed by atoms with van der Waals surface area (Å²) in [7, 11) is 0. The van der Waals surface area contributed by atoms with Crippen LogP contribution in [-0.4, -0.2) is 25.5 Å². The Morgan fingerprint density at radius 3 is 2.12 bits per heavy atom. The highest BCUT2D eigenvalue weighted by atomic mass is 19.4. The number of rotatable bonds is 6. The Labute approximate surface area is 183 Å². The molecule has 0 radical (unpaired) electrons. The molecular weight excluding hydrogens is 447 g/mol. The zero-order chi connectivity index (χ0) is 24.5. The van der Waals surface area contributed by atoms with E-state index in [1.807, 2.05) is 0 Å². The summed E-state index contributed by atoms with van der Waals surface area (Å²) in [5.41, 5.74) is -1.64. The molecule has 0 aliphatic rings. The zero-order valence-electron chi connectivity index (χ0n) is 17.2. The molecule has 1 aromatic heterocycles. The number of nitrogens with zero attached hydrogens (tertiary/aromatic N) is 4. The van der Waals surface area contributed by atoms with Gasteiger partial charge in [0, 0.05) is 24.4 Å². The van der Waals surface area contributed by atoms with Crippen molar-refractivity contribution in [3.05, 3.63) is 90.8 Å². The van der Waals surface area contributed by atoms with Crippen LogP contribution in [0.4, 0.5) is 24.5 Å². The SMILES string of the molecule is Cc1cc(C)n(-c2ccc(CNC(=O)c3cc([N+](=O)[O-])cc([N+](=O)[O-])c3)c(C(F)(F)F)c2)n1. The van der Waals surface area contributed by atoms with E-state index in [1.165, 1.54) is 16.8 Å². The van der Waals surface area contributed by atoms with Gasteiger partial charge in [0.05, 0.1) is 38.4 Å². The molecule has 33 heavy (non-hydrogen) atoms. The normalized spacial score (nSPS) is 11.3. The summed E-state index contributed by atoms with van der Waals surface area (Å²) >= 11 is 0. The van der Waals surface area contributed by atoms with Crippen LogP contribution in [0.3, 0.4) is 0 Å². The van der Waals surface area contributed by atoms with Gasteiger partial charge in [-0.05, 0) is 37.6 Å². The molecule has 0 saturated carbocycles. The first-order valence-electron chi connectivity index (χ1n) is 9.32. The fourth-order valence-electron chi connectivity index (χ4n) is 3.22. The first-order chi connectivity index (χ1) is 15.4. The molecule has 0 atom stereocenters. The summed E-state index contributed by atoms with van der Waals surface area (Å²) < 4.78 is 42.4. The van der Waals surface area contributed by atoms with Gasteiger partial charge in [0.15, 0.2) is 0 Å². The number of carbonyl (C=O) groups is 1. The third-order valence-corrected chi connectivity index (χ3v) is 4.68. The average molecular weight is 463 g/mol. The number of non-ortho nitro benzene ring substituents is 2. The lowest BCUT2D eigenvalue weighted by Gasteiger charge is -2.16. The summed E-state index contributed by atoms with van der Waals surface area (Å²) in [5.74, 6) is -1.00. The predicted molar refractivity (Wildman–Crippen MR) is 109 cm³/mol. The molecule has 0 aliphatic heterocycles. The first kappa shape index (κ1) is 23.4. The standard InChI is InChI=1S/C20H16F3N5O5/c1-11-5-12(2)26(25-11)15-4-3-13(18(9-15)20(21,22)23)10-24-19(29)14-6-16(27(30)31)8-17(7-14)28(32)33/h3-9H,10H2,1-2H3,(H,24,29). The van der Waals surface area contributed by atoms with Gasteiger partial charge in [0.1, 0.15) is 0 Å². The lowest BCUT2D eigenvalue weighted by molar-refractivity contribution is -0.394. The van der Waals surface area contributed by atoms with Gasteiger partial charge in [-0.1, -0.05) is 6.07 Å².